The first kappa shape index (κ1) is 14.5. The Kier molecular flexibility index (Phi) is 3.53. The third-order valence-corrected chi connectivity index (χ3v) is 4.15. The van der Waals surface area contributed by atoms with E-state index in [4.69, 9.17) is 9.47 Å². The van der Waals surface area contributed by atoms with E-state index in [1.807, 2.05) is 32.6 Å². The molecule has 2 atom stereocenters. The monoisotopic (exact) mass is 293 g/mol. The first-order valence-electron chi connectivity index (χ1n) is 7.53. The Morgan fingerprint density at radius 1 is 1.43 bits per heavy atom. The van der Waals surface area contributed by atoms with E-state index in [1.165, 1.54) is 0 Å². The average Bonchev–Trinajstić information content (AvgIpc) is 2.80. The van der Waals surface area contributed by atoms with E-state index < -0.39 is 0 Å². The van der Waals surface area contributed by atoms with Gasteiger partial charge in [0.15, 0.2) is 5.69 Å². The van der Waals surface area contributed by atoms with Crippen molar-refractivity contribution in [3.63, 3.8) is 0 Å². The van der Waals surface area contributed by atoms with E-state index in [0.29, 0.717) is 25.4 Å². The molecule has 3 rings (SSSR count). The van der Waals surface area contributed by atoms with Crippen LogP contribution in [0.3, 0.4) is 0 Å². The van der Waals surface area contributed by atoms with Crippen LogP contribution in [-0.2, 0) is 15.9 Å². The number of nitrogens with one attached hydrogen (secondary N) is 1. The maximum Gasteiger partial charge on any atom is 0.274 e. The van der Waals surface area contributed by atoms with Crippen molar-refractivity contribution in [1.82, 2.24) is 15.1 Å². The van der Waals surface area contributed by atoms with Crippen molar-refractivity contribution in [2.45, 2.75) is 51.9 Å². The molecule has 3 heterocycles. The quantitative estimate of drug-likeness (QED) is 0.855. The number of amides is 1. The number of morpholine rings is 1. The summed E-state index contributed by atoms with van der Waals surface area (Å²) in [7, 11) is 0. The number of hydrogen-bond acceptors (Lipinski definition) is 4. The number of H-pyrrole nitrogens is 1. The van der Waals surface area contributed by atoms with E-state index in [0.717, 1.165) is 17.7 Å². The van der Waals surface area contributed by atoms with Gasteiger partial charge in [-0.15, -0.1) is 0 Å². The molecule has 0 aliphatic carbocycles. The molecule has 0 radical (unpaired) electrons. The van der Waals surface area contributed by atoms with Gasteiger partial charge in [0.25, 0.3) is 5.91 Å². The highest BCUT2D eigenvalue weighted by atomic mass is 16.5. The van der Waals surface area contributed by atoms with Gasteiger partial charge in [0, 0.05) is 25.1 Å². The summed E-state index contributed by atoms with van der Waals surface area (Å²) in [5, 5.41) is 7.25. The summed E-state index contributed by atoms with van der Waals surface area (Å²) < 4.78 is 11.4. The van der Waals surface area contributed by atoms with Crippen molar-refractivity contribution >= 4 is 5.91 Å². The minimum atomic E-state index is -0.298. The Morgan fingerprint density at radius 3 is 2.90 bits per heavy atom. The van der Waals surface area contributed by atoms with Crippen LogP contribution in [-0.4, -0.2) is 52.4 Å². The third-order valence-electron chi connectivity index (χ3n) is 4.15. The van der Waals surface area contributed by atoms with Gasteiger partial charge in [-0.05, 0) is 27.7 Å². The zero-order valence-electron chi connectivity index (χ0n) is 13.1. The molecule has 1 saturated heterocycles. The van der Waals surface area contributed by atoms with Crippen LogP contribution in [0.5, 0.6) is 0 Å². The van der Waals surface area contributed by atoms with Crippen LogP contribution in [0, 0.1) is 0 Å². The molecular formula is C15H23N3O3. The van der Waals surface area contributed by atoms with Gasteiger partial charge in [0.05, 0.1) is 30.1 Å². The Labute approximate surface area is 124 Å². The molecule has 2 aliphatic rings. The maximum absolute atomic E-state index is 12.8. The zero-order chi connectivity index (χ0) is 15.2. The maximum atomic E-state index is 12.8. The lowest BCUT2D eigenvalue weighted by Gasteiger charge is -2.38. The van der Waals surface area contributed by atoms with Crippen molar-refractivity contribution in [2.24, 2.45) is 0 Å². The van der Waals surface area contributed by atoms with E-state index in [9.17, 15) is 4.79 Å². The molecule has 1 fully saturated rings. The molecule has 1 aromatic heterocycles. The van der Waals surface area contributed by atoms with E-state index in [-0.39, 0.29) is 23.7 Å². The minimum absolute atomic E-state index is 0.00910. The SMILES string of the molecule is C[C@@H]1Cc2c(C(=O)N3CCOC(C)(C)C3)n[nH]c2[C@H](C)O1. The summed E-state index contributed by atoms with van der Waals surface area (Å²) in [6, 6.07) is 0. The molecule has 6 nitrogen and oxygen atoms in total. The van der Waals surface area contributed by atoms with Gasteiger partial charge in [0.1, 0.15) is 0 Å². The van der Waals surface area contributed by atoms with Gasteiger partial charge in [-0.3, -0.25) is 9.89 Å². The summed E-state index contributed by atoms with van der Waals surface area (Å²) in [4.78, 5) is 14.6. The van der Waals surface area contributed by atoms with Gasteiger partial charge < -0.3 is 14.4 Å². The number of fused-ring (bicyclic) bond motifs is 1. The summed E-state index contributed by atoms with van der Waals surface area (Å²) in [6.07, 6.45) is 0.794. The highest BCUT2D eigenvalue weighted by Crippen LogP contribution is 2.31. The smallest absolute Gasteiger partial charge is 0.274 e. The molecule has 1 amide bonds. The van der Waals surface area contributed by atoms with Crippen LogP contribution in [0.2, 0.25) is 0 Å². The van der Waals surface area contributed by atoms with Gasteiger partial charge in [-0.1, -0.05) is 0 Å². The molecule has 1 N–H and O–H groups in total. The lowest BCUT2D eigenvalue weighted by atomic mass is 9.99. The summed E-state index contributed by atoms with van der Waals surface area (Å²) in [6.45, 7) is 9.80. The number of ether oxygens (including phenoxy) is 2. The molecule has 2 aliphatic heterocycles. The topological polar surface area (TPSA) is 67.5 Å². The van der Waals surface area contributed by atoms with Gasteiger partial charge >= 0.3 is 0 Å². The average molecular weight is 293 g/mol. The molecule has 6 heteroatoms. The lowest BCUT2D eigenvalue weighted by Crippen LogP contribution is -2.50. The van der Waals surface area contributed by atoms with Crippen LogP contribution < -0.4 is 0 Å². The number of nitrogens with zero attached hydrogens (tertiary/aromatic N) is 2. The molecule has 21 heavy (non-hydrogen) atoms. The second-order valence-electron chi connectivity index (χ2n) is 6.59. The number of carbonyl (C=O) groups excluding carboxylic acids is 1. The van der Waals surface area contributed by atoms with Crippen LogP contribution in [0.1, 0.15) is 55.5 Å². The highest BCUT2D eigenvalue weighted by Gasteiger charge is 2.35. The van der Waals surface area contributed by atoms with Crippen LogP contribution >= 0.6 is 0 Å². The largest absolute Gasteiger partial charge is 0.372 e. The summed E-state index contributed by atoms with van der Waals surface area (Å²) in [5.41, 5.74) is 2.19. The zero-order valence-corrected chi connectivity index (χ0v) is 13.1. The molecule has 116 valence electrons. The fourth-order valence-corrected chi connectivity index (χ4v) is 3.19. The summed E-state index contributed by atoms with van der Waals surface area (Å²) >= 11 is 0. The van der Waals surface area contributed by atoms with Crippen LogP contribution in [0.4, 0.5) is 0 Å². The van der Waals surface area contributed by atoms with Gasteiger partial charge in [-0.25, -0.2) is 0 Å². The molecule has 0 saturated carbocycles. The fraction of sp³-hybridized carbons (Fsp3) is 0.733. The Bertz CT molecular complexity index is 552. The van der Waals surface area contributed by atoms with E-state index >= 15 is 0 Å². The van der Waals surface area contributed by atoms with Crippen molar-refractivity contribution in [2.75, 3.05) is 19.7 Å². The van der Waals surface area contributed by atoms with Crippen molar-refractivity contribution in [1.29, 1.82) is 0 Å². The van der Waals surface area contributed by atoms with Crippen molar-refractivity contribution in [3.8, 4) is 0 Å². The number of aromatic nitrogens is 2. The number of rotatable bonds is 1. The summed E-state index contributed by atoms with van der Waals surface area (Å²) in [5.74, 6) is -0.00910. The molecular weight excluding hydrogens is 270 g/mol. The first-order chi connectivity index (χ1) is 9.87. The lowest BCUT2D eigenvalue weighted by molar-refractivity contribution is -0.0765. The Balaban J connectivity index is 1.86. The van der Waals surface area contributed by atoms with Gasteiger partial charge in [0.2, 0.25) is 0 Å². The molecule has 0 spiro atoms. The number of aromatic amines is 1. The predicted molar refractivity (Wildman–Crippen MR) is 77.2 cm³/mol. The number of hydrogen-bond donors (Lipinski definition) is 1. The number of carbonyl (C=O) groups is 1. The highest BCUT2D eigenvalue weighted by molar-refractivity contribution is 5.94. The molecule has 1 aromatic rings. The van der Waals surface area contributed by atoms with E-state index in [2.05, 4.69) is 10.2 Å². The predicted octanol–water partition coefficient (Wildman–Crippen LogP) is 1.68. The van der Waals surface area contributed by atoms with Crippen molar-refractivity contribution in [3.05, 3.63) is 17.0 Å². The fourth-order valence-electron chi connectivity index (χ4n) is 3.19. The second-order valence-corrected chi connectivity index (χ2v) is 6.59. The molecule has 0 unspecified atom stereocenters. The Hall–Kier alpha value is -1.40. The third kappa shape index (κ3) is 2.70. The molecule has 0 aromatic carbocycles. The van der Waals surface area contributed by atoms with Crippen LogP contribution in [0.25, 0.3) is 0 Å². The Morgan fingerprint density at radius 2 is 2.19 bits per heavy atom. The van der Waals surface area contributed by atoms with Gasteiger partial charge in [-0.2, -0.15) is 5.10 Å². The molecule has 0 bridgehead atoms. The standard InChI is InChI=1S/C15H23N3O3/c1-9-7-11-12(10(2)21-9)16-17-13(11)14(19)18-5-6-20-15(3,4)8-18/h9-10H,5-8H2,1-4H3,(H,16,17)/t9-,10+/m1/s1. The normalized spacial score (nSPS) is 28.3. The van der Waals surface area contributed by atoms with Crippen LogP contribution in [0.15, 0.2) is 0 Å². The second kappa shape index (κ2) is 5.10. The first-order valence-corrected chi connectivity index (χ1v) is 7.53. The van der Waals surface area contributed by atoms with E-state index in [1.54, 1.807) is 0 Å². The minimum Gasteiger partial charge on any atom is -0.372 e. The van der Waals surface area contributed by atoms with Crippen molar-refractivity contribution < 1.29 is 14.3 Å².